The fourth-order valence-corrected chi connectivity index (χ4v) is 1.86. The van der Waals surface area contributed by atoms with E-state index in [1.54, 1.807) is 24.2 Å². The van der Waals surface area contributed by atoms with Crippen LogP contribution in [0.4, 0.5) is 0 Å². The van der Waals surface area contributed by atoms with Gasteiger partial charge in [0.2, 0.25) is 11.8 Å². The highest BCUT2D eigenvalue weighted by Gasteiger charge is 2.26. The number of hydrogen-bond donors (Lipinski definition) is 1. The van der Waals surface area contributed by atoms with Crippen LogP contribution in [0.1, 0.15) is 18.9 Å². The highest BCUT2D eigenvalue weighted by atomic mass is 16.2. The summed E-state index contributed by atoms with van der Waals surface area (Å²) in [5, 5.41) is 2.66. The summed E-state index contributed by atoms with van der Waals surface area (Å²) in [4.78, 5) is 29.0. The first kappa shape index (κ1) is 11.6. The van der Waals surface area contributed by atoms with E-state index in [9.17, 15) is 9.59 Å². The van der Waals surface area contributed by atoms with Gasteiger partial charge >= 0.3 is 0 Å². The molecule has 1 saturated heterocycles. The van der Waals surface area contributed by atoms with Crippen LogP contribution >= 0.6 is 0 Å². The maximum absolute atomic E-state index is 12.0. The number of aromatic nitrogens is 1. The molecule has 2 rings (SSSR count). The van der Waals surface area contributed by atoms with Crippen molar-refractivity contribution in [1.29, 1.82) is 0 Å². The van der Waals surface area contributed by atoms with Crippen LogP contribution in [-0.2, 0) is 16.1 Å². The lowest BCUT2D eigenvalue weighted by Gasteiger charge is -2.22. The van der Waals surface area contributed by atoms with Gasteiger partial charge in [0.05, 0.1) is 0 Å². The smallest absolute Gasteiger partial charge is 0.245 e. The Morgan fingerprint density at radius 1 is 1.41 bits per heavy atom. The molecule has 90 valence electrons. The third-order valence-electron chi connectivity index (χ3n) is 2.79. The highest BCUT2D eigenvalue weighted by Crippen LogP contribution is 2.09. The second-order valence-electron chi connectivity index (χ2n) is 4.15. The fraction of sp³-hybridized carbons (Fsp3) is 0.417. The Morgan fingerprint density at radius 3 is 2.82 bits per heavy atom. The van der Waals surface area contributed by atoms with Gasteiger partial charge in [-0.15, -0.1) is 0 Å². The van der Waals surface area contributed by atoms with Crippen molar-refractivity contribution in [3.63, 3.8) is 0 Å². The van der Waals surface area contributed by atoms with Crippen molar-refractivity contribution in [2.24, 2.45) is 0 Å². The first-order valence-electron chi connectivity index (χ1n) is 5.64. The standard InChI is InChI=1S/C12H15N3O2/c1-9-12(17)15(7-4-11(16)14-9)8-10-2-5-13-6-3-10/h2-3,5-6,9H,4,7-8H2,1H3,(H,14,16). The molecule has 1 aromatic heterocycles. The molecule has 2 heterocycles. The minimum absolute atomic E-state index is 0.0346. The summed E-state index contributed by atoms with van der Waals surface area (Å²) in [5.74, 6) is -0.101. The highest BCUT2D eigenvalue weighted by molar-refractivity contribution is 5.89. The van der Waals surface area contributed by atoms with Gasteiger partial charge in [-0.3, -0.25) is 14.6 Å². The molecule has 0 aromatic carbocycles. The van der Waals surface area contributed by atoms with Crippen molar-refractivity contribution in [2.75, 3.05) is 6.54 Å². The SMILES string of the molecule is CC1NC(=O)CCN(Cc2ccncc2)C1=O. The van der Waals surface area contributed by atoms with Crippen molar-refractivity contribution >= 4 is 11.8 Å². The third kappa shape index (κ3) is 2.81. The van der Waals surface area contributed by atoms with Gasteiger partial charge in [-0.25, -0.2) is 0 Å². The molecule has 0 aliphatic carbocycles. The van der Waals surface area contributed by atoms with E-state index in [4.69, 9.17) is 0 Å². The van der Waals surface area contributed by atoms with Crippen LogP contribution in [-0.4, -0.2) is 34.3 Å². The van der Waals surface area contributed by atoms with E-state index < -0.39 is 6.04 Å². The Kier molecular flexibility index (Phi) is 3.37. The molecular weight excluding hydrogens is 218 g/mol. The van der Waals surface area contributed by atoms with E-state index in [0.717, 1.165) is 5.56 Å². The van der Waals surface area contributed by atoms with Crippen LogP contribution in [0.25, 0.3) is 0 Å². The Balaban J connectivity index is 2.09. The minimum Gasteiger partial charge on any atom is -0.345 e. The molecule has 0 spiro atoms. The lowest BCUT2D eigenvalue weighted by molar-refractivity contribution is -0.133. The summed E-state index contributed by atoms with van der Waals surface area (Å²) in [6, 6.07) is 3.31. The summed E-state index contributed by atoms with van der Waals surface area (Å²) in [6.07, 6.45) is 3.76. The number of rotatable bonds is 2. The molecule has 1 atom stereocenters. The molecule has 1 aliphatic heterocycles. The summed E-state index contributed by atoms with van der Waals surface area (Å²) in [5.41, 5.74) is 1.02. The van der Waals surface area contributed by atoms with Gasteiger partial charge in [-0.05, 0) is 24.6 Å². The van der Waals surface area contributed by atoms with Crippen LogP contribution in [0, 0.1) is 0 Å². The number of nitrogens with zero attached hydrogens (tertiary/aromatic N) is 2. The van der Waals surface area contributed by atoms with E-state index in [1.165, 1.54) is 0 Å². The number of amides is 2. The summed E-state index contributed by atoms with van der Waals surface area (Å²) < 4.78 is 0. The topological polar surface area (TPSA) is 62.3 Å². The second-order valence-corrected chi connectivity index (χ2v) is 4.15. The van der Waals surface area contributed by atoms with Crippen LogP contribution in [0.2, 0.25) is 0 Å². The van der Waals surface area contributed by atoms with Crippen LogP contribution in [0.3, 0.4) is 0 Å². The molecule has 1 aliphatic rings. The Labute approximate surface area is 99.8 Å². The van der Waals surface area contributed by atoms with E-state index in [1.807, 2.05) is 12.1 Å². The van der Waals surface area contributed by atoms with E-state index in [2.05, 4.69) is 10.3 Å². The van der Waals surface area contributed by atoms with E-state index >= 15 is 0 Å². The van der Waals surface area contributed by atoms with Gasteiger partial charge in [0, 0.05) is 31.9 Å². The monoisotopic (exact) mass is 233 g/mol. The predicted molar refractivity (Wildman–Crippen MR) is 61.9 cm³/mol. The third-order valence-corrected chi connectivity index (χ3v) is 2.79. The quantitative estimate of drug-likeness (QED) is 0.800. The van der Waals surface area contributed by atoms with Crippen molar-refractivity contribution < 1.29 is 9.59 Å². The molecule has 0 bridgehead atoms. The number of hydrogen-bond acceptors (Lipinski definition) is 3. The zero-order valence-corrected chi connectivity index (χ0v) is 9.72. The molecule has 1 N–H and O–H groups in total. The van der Waals surface area contributed by atoms with Crippen molar-refractivity contribution in [3.05, 3.63) is 30.1 Å². The molecule has 1 aromatic rings. The molecular formula is C12H15N3O2. The zero-order valence-electron chi connectivity index (χ0n) is 9.72. The van der Waals surface area contributed by atoms with Crippen LogP contribution in [0.5, 0.6) is 0 Å². The summed E-state index contributed by atoms with van der Waals surface area (Å²) in [6.45, 7) is 2.71. The Morgan fingerprint density at radius 2 is 2.12 bits per heavy atom. The average Bonchev–Trinajstić information content (AvgIpc) is 2.44. The number of nitrogens with one attached hydrogen (secondary N) is 1. The fourth-order valence-electron chi connectivity index (χ4n) is 1.86. The molecule has 1 unspecified atom stereocenters. The van der Waals surface area contributed by atoms with Gasteiger partial charge in [0.25, 0.3) is 0 Å². The lowest BCUT2D eigenvalue weighted by Crippen LogP contribution is -2.42. The van der Waals surface area contributed by atoms with Gasteiger partial charge in [-0.1, -0.05) is 0 Å². The van der Waals surface area contributed by atoms with Gasteiger partial charge in [0.15, 0.2) is 0 Å². The van der Waals surface area contributed by atoms with Crippen molar-refractivity contribution in [1.82, 2.24) is 15.2 Å². The van der Waals surface area contributed by atoms with Gasteiger partial charge < -0.3 is 10.2 Å². The van der Waals surface area contributed by atoms with Crippen LogP contribution < -0.4 is 5.32 Å². The van der Waals surface area contributed by atoms with Crippen molar-refractivity contribution in [3.8, 4) is 0 Å². The number of pyridine rings is 1. The van der Waals surface area contributed by atoms with E-state index in [-0.39, 0.29) is 11.8 Å². The van der Waals surface area contributed by atoms with Gasteiger partial charge in [-0.2, -0.15) is 0 Å². The van der Waals surface area contributed by atoms with Crippen molar-refractivity contribution in [2.45, 2.75) is 25.9 Å². The molecule has 0 saturated carbocycles. The molecule has 5 nitrogen and oxygen atoms in total. The Bertz CT molecular complexity index is 419. The lowest BCUT2D eigenvalue weighted by atomic mass is 10.2. The molecule has 2 amide bonds. The summed E-state index contributed by atoms with van der Waals surface area (Å²) in [7, 11) is 0. The van der Waals surface area contributed by atoms with E-state index in [0.29, 0.717) is 19.5 Å². The number of carbonyl (C=O) groups excluding carboxylic acids is 2. The normalized spacial score (nSPS) is 21.0. The first-order valence-corrected chi connectivity index (χ1v) is 5.64. The minimum atomic E-state index is -0.438. The average molecular weight is 233 g/mol. The number of carbonyl (C=O) groups is 2. The zero-order chi connectivity index (χ0) is 12.3. The maximum atomic E-state index is 12.0. The first-order chi connectivity index (χ1) is 8.16. The van der Waals surface area contributed by atoms with Crippen LogP contribution in [0.15, 0.2) is 24.5 Å². The molecule has 0 radical (unpaired) electrons. The Hall–Kier alpha value is -1.91. The predicted octanol–water partition coefficient (Wildman–Crippen LogP) is 0.319. The molecule has 5 heteroatoms. The maximum Gasteiger partial charge on any atom is 0.245 e. The summed E-state index contributed by atoms with van der Waals surface area (Å²) >= 11 is 0. The largest absolute Gasteiger partial charge is 0.345 e. The van der Waals surface area contributed by atoms with Gasteiger partial charge in [0.1, 0.15) is 6.04 Å². The molecule has 17 heavy (non-hydrogen) atoms. The second kappa shape index (κ2) is 4.95. The molecule has 1 fully saturated rings.